The topological polar surface area (TPSA) is 39.7 Å². The smallest absolute Gasteiger partial charge is 0.192 e. The van der Waals surface area contributed by atoms with E-state index in [0.717, 1.165) is 32.0 Å². The number of terminal acetylenes is 1. The highest BCUT2D eigenvalue weighted by atomic mass is 15.2. The van der Waals surface area contributed by atoms with Gasteiger partial charge in [-0.1, -0.05) is 5.92 Å². The zero-order chi connectivity index (χ0) is 14.7. The van der Waals surface area contributed by atoms with E-state index in [-0.39, 0.29) is 0 Å². The minimum absolute atomic E-state index is 0.510. The van der Waals surface area contributed by atoms with Crippen LogP contribution in [0.5, 0.6) is 0 Å². The van der Waals surface area contributed by atoms with E-state index in [1.807, 2.05) is 6.92 Å². The lowest BCUT2D eigenvalue weighted by Crippen LogP contribution is -2.39. The van der Waals surface area contributed by atoms with Crippen molar-refractivity contribution in [3.63, 3.8) is 0 Å². The quantitative estimate of drug-likeness (QED) is 0.304. The molecule has 0 unspecified atom stereocenters. The Hall–Kier alpha value is -1.21. The number of nitrogens with one attached hydrogen (secondary N) is 2. The molecule has 0 amide bonds. The third-order valence-electron chi connectivity index (χ3n) is 2.87. The predicted octanol–water partition coefficient (Wildman–Crippen LogP) is 1.68. The molecule has 0 saturated carbocycles. The highest BCUT2D eigenvalue weighted by Crippen LogP contribution is 2.05. The van der Waals surface area contributed by atoms with Crippen molar-refractivity contribution in [2.24, 2.45) is 4.99 Å². The van der Waals surface area contributed by atoms with Gasteiger partial charge < -0.3 is 10.6 Å². The fourth-order valence-corrected chi connectivity index (χ4v) is 2.03. The number of aliphatic imine (C=N–C) groups is 1. The summed E-state index contributed by atoms with van der Waals surface area (Å²) in [6, 6.07) is 1.16. The summed E-state index contributed by atoms with van der Waals surface area (Å²) in [5.41, 5.74) is 0. The molecule has 0 spiro atoms. The maximum atomic E-state index is 5.23. The van der Waals surface area contributed by atoms with Gasteiger partial charge in [0.2, 0.25) is 0 Å². The van der Waals surface area contributed by atoms with Gasteiger partial charge in [0, 0.05) is 31.7 Å². The molecule has 0 saturated heterocycles. The van der Waals surface area contributed by atoms with Crippen LogP contribution in [0.4, 0.5) is 0 Å². The predicted molar refractivity (Wildman–Crippen MR) is 84.4 cm³/mol. The normalized spacial score (nSPS) is 12.1. The highest BCUT2D eigenvalue weighted by molar-refractivity contribution is 5.79. The maximum Gasteiger partial charge on any atom is 0.192 e. The van der Waals surface area contributed by atoms with E-state index in [2.05, 4.69) is 54.1 Å². The summed E-state index contributed by atoms with van der Waals surface area (Å²) in [6.07, 6.45) is 6.29. The van der Waals surface area contributed by atoms with Gasteiger partial charge in [0.05, 0.1) is 6.54 Å². The average molecular weight is 266 g/mol. The lowest BCUT2D eigenvalue weighted by molar-refractivity contribution is 0.174. The van der Waals surface area contributed by atoms with Crippen LogP contribution in [-0.2, 0) is 0 Å². The number of guanidine groups is 1. The second-order valence-corrected chi connectivity index (χ2v) is 5.10. The van der Waals surface area contributed by atoms with Gasteiger partial charge in [0.15, 0.2) is 5.96 Å². The summed E-state index contributed by atoms with van der Waals surface area (Å²) in [7, 11) is 0. The van der Waals surface area contributed by atoms with Gasteiger partial charge in [0.25, 0.3) is 0 Å². The van der Waals surface area contributed by atoms with Crippen LogP contribution in [0.2, 0.25) is 0 Å². The first-order valence-corrected chi connectivity index (χ1v) is 7.24. The van der Waals surface area contributed by atoms with Gasteiger partial charge in [0.1, 0.15) is 0 Å². The van der Waals surface area contributed by atoms with Crippen molar-refractivity contribution in [3.8, 4) is 12.3 Å². The van der Waals surface area contributed by atoms with Gasteiger partial charge in [-0.05, 0) is 41.0 Å². The zero-order valence-electron chi connectivity index (χ0n) is 13.2. The largest absolute Gasteiger partial charge is 0.357 e. The molecule has 2 N–H and O–H groups in total. The van der Waals surface area contributed by atoms with Crippen LogP contribution in [0.3, 0.4) is 0 Å². The molecule has 0 bridgehead atoms. The molecule has 0 aromatic carbocycles. The van der Waals surface area contributed by atoms with Crippen LogP contribution in [-0.4, -0.2) is 49.1 Å². The van der Waals surface area contributed by atoms with Crippen LogP contribution >= 0.6 is 0 Å². The molecule has 0 heterocycles. The Kier molecular flexibility index (Phi) is 10.0. The van der Waals surface area contributed by atoms with Crippen LogP contribution < -0.4 is 10.6 Å². The Labute approximate surface area is 119 Å². The molecule has 19 heavy (non-hydrogen) atoms. The second kappa shape index (κ2) is 10.7. The molecule has 4 heteroatoms. The molecular weight excluding hydrogens is 236 g/mol. The van der Waals surface area contributed by atoms with Crippen LogP contribution in [0.15, 0.2) is 4.99 Å². The summed E-state index contributed by atoms with van der Waals surface area (Å²) < 4.78 is 0. The van der Waals surface area contributed by atoms with E-state index in [1.165, 1.54) is 0 Å². The van der Waals surface area contributed by atoms with Gasteiger partial charge in [-0.25, -0.2) is 0 Å². The van der Waals surface area contributed by atoms with Crippen molar-refractivity contribution in [2.45, 2.75) is 53.1 Å². The first-order valence-electron chi connectivity index (χ1n) is 7.24. The monoisotopic (exact) mass is 266 g/mol. The Bertz CT molecular complexity index is 281. The Morgan fingerprint density at radius 3 is 2.32 bits per heavy atom. The molecule has 4 nitrogen and oxygen atoms in total. The van der Waals surface area contributed by atoms with Crippen molar-refractivity contribution >= 4 is 5.96 Å². The van der Waals surface area contributed by atoms with Crippen LogP contribution in [0.1, 0.15) is 41.0 Å². The van der Waals surface area contributed by atoms with Crippen molar-refractivity contribution in [2.75, 3.05) is 26.2 Å². The third kappa shape index (κ3) is 8.50. The molecule has 0 atom stereocenters. The third-order valence-corrected chi connectivity index (χ3v) is 2.87. The molecule has 0 aromatic rings. The van der Waals surface area contributed by atoms with E-state index < -0.39 is 0 Å². The first kappa shape index (κ1) is 17.8. The minimum atomic E-state index is 0.510. The highest BCUT2D eigenvalue weighted by Gasteiger charge is 2.11. The number of nitrogens with zero attached hydrogens (tertiary/aromatic N) is 2. The van der Waals surface area contributed by atoms with Gasteiger partial charge in [-0.15, -0.1) is 6.42 Å². The van der Waals surface area contributed by atoms with E-state index in [0.29, 0.717) is 18.6 Å². The van der Waals surface area contributed by atoms with E-state index in [1.54, 1.807) is 0 Å². The van der Waals surface area contributed by atoms with Crippen molar-refractivity contribution in [1.82, 2.24) is 15.5 Å². The summed E-state index contributed by atoms with van der Waals surface area (Å²) in [5.74, 6) is 3.36. The van der Waals surface area contributed by atoms with E-state index in [9.17, 15) is 0 Å². The minimum Gasteiger partial charge on any atom is -0.357 e. The fourth-order valence-electron chi connectivity index (χ4n) is 2.03. The molecule has 0 aliphatic heterocycles. The second-order valence-electron chi connectivity index (χ2n) is 5.10. The Balaban J connectivity index is 4.11. The number of hydrogen-bond donors (Lipinski definition) is 2. The number of hydrogen-bond acceptors (Lipinski definition) is 2. The summed E-state index contributed by atoms with van der Waals surface area (Å²) in [6.45, 7) is 14.2. The van der Waals surface area contributed by atoms with Crippen molar-refractivity contribution in [1.29, 1.82) is 0 Å². The van der Waals surface area contributed by atoms with Crippen molar-refractivity contribution < 1.29 is 0 Å². The molecule has 0 radical (unpaired) electrons. The van der Waals surface area contributed by atoms with Gasteiger partial charge in [-0.3, -0.25) is 9.89 Å². The van der Waals surface area contributed by atoms with Gasteiger partial charge >= 0.3 is 0 Å². The molecule has 0 rings (SSSR count). The zero-order valence-corrected chi connectivity index (χ0v) is 13.2. The Morgan fingerprint density at radius 2 is 1.84 bits per heavy atom. The maximum absolute atomic E-state index is 5.23. The molecule has 110 valence electrons. The molecule has 0 fully saturated rings. The lowest BCUT2D eigenvalue weighted by Gasteiger charge is -2.30. The summed E-state index contributed by atoms with van der Waals surface area (Å²) >= 11 is 0. The van der Waals surface area contributed by atoms with E-state index >= 15 is 0 Å². The SMILES string of the molecule is C#CCNC(=NCCCN(C(C)C)C(C)C)NCC. The Morgan fingerprint density at radius 1 is 1.21 bits per heavy atom. The fraction of sp³-hybridized carbons (Fsp3) is 0.800. The summed E-state index contributed by atoms with van der Waals surface area (Å²) in [5, 5.41) is 6.27. The first-order chi connectivity index (χ1) is 9.02. The van der Waals surface area contributed by atoms with Crippen LogP contribution in [0, 0.1) is 12.3 Å². The number of rotatable bonds is 8. The standard InChI is InChI=1S/C15H30N4/c1-7-10-17-15(16-8-2)18-11-9-12-19(13(3)4)14(5)6/h1,13-14H,8-12H2,2-6H3,(H2,16,17,18). The van der Waals surface area contributed by atoms with Crippen molar-refractivity contribution in [3.05, 3.63) is 0 Å². The van der Waals surface area contributed by atoms with Crippen LogP contribution in [0.25, 0.3) is 0 Å². The molecule has 0 aliphatic carbocycles. The lowest BCUT2D eigenvalue weighted by atomic mass is 10.2. The average Bonchev–Trinajstić information content (AvgIpc) is 2.34. The summed E-state index contributed by atoms with van der Waals surface area (Å²) in [4.78, 5) is 7.00. The molecular formula is C15H30N4. The van der Waals surface area contributed by atoms with Gasteiger partial charge in [-0.2, -0.15) is 0 Å². The molecule has 0 aromatic heterocycles. The van der Waals surface area contributed by atoms with E-state index in [4.69, 9.17) is 6.42 Å². The molecule has 0 aliphatic rings.